The number of halogens is 1. The van der Waals surface area contributed by atoms with E-state index in [-0.39, 0.29) is 18.2 Å². The van der Waals surface area contributed by atoms with E-state index in [0.717, 1.165) is 25.7 Å². The van der Waals surface area contributed by atoms with Crippen LogP contribution in [0.2, 0.25) is 5.02 Å². The molecule has 0 saturated heterocycles. The van der Waals surface area contributed by atoms with Crippen LogP contribution in [0.4, 0.5) is 5.69 Å². The van der Waals surface area contributed by atoms with Crippen LogP contribution in [0.3, 0.4) is 0 Å². The molecule has 6 heteroatoms. The van der Waals surface area contributed by atoms with Crippen molar-refractivity contribution in [2.75, 3.05) is 12.1 Å². The molecule has 0 aromatic heterocycles. The van der Waals surface area contributed by atoms with Crippen LogP contribution in [0.25, 0.3) is 0 Å². The molecular formula is C15H19ClN2O3. The van der Waals surface area contributed by atoms with Gasteiger partial charge in [0.2, 0.25) is 12.7 Å². The minimum absolute atomic E-state index is 0.111. The molecule has 1 aliphatic heterocycles. The summed E-state index contributed by atoms with van der Waals surface area (Å²) in [4.78, 5) is 12.2. The van der Waals surface area contributed by atoms with Gasteiger partial charge in [0.05, 0.1) is 10.7 Å². The Bertz CT molecular complexity index is 556. The molecule has 21 heavy (non-hydrogen) atoms. The van der Waals surface area contributed by atoms with Gasteiger partial charge >= 0.3 is 0 Å². The number of hydrogen-bond acceptors (Lipinski definition) is 4. The van der Waals surface area contributed by atoms with Crippen LogP contribution in [0.15, 0.2) is 12.1 Å². The van der Waals surface area contributed by atoms with Crippen LogP contribution >= 0.6 is 11.6 Å². The van der Waals surface area contributed by atoms with Crippen LogP contribution in [0.5, 0.6) is 11.5 Å². The summed E-state index contributed by atoms with van der Waals surface area (Å²) in [5.41, 5.74) is 6.45. The first kappa shape index (κ1) is 14.5. The molecule has 1 amide bonds. The number of anilines is 1. The number of nitrogens with one attached hydrogen (secondary N) is 1. The fraction of sp³-hybridized carbons (Fsp3) is 0.533. The zero-order valence-corrected chi connectivity index (χ0v) is 12.5. The summed E-state index contributed by atoms with van der Waals surface area (Å²) in [5.74, 6) is 1.08. The Balaban J connectivity index is 1.67. The van der Waals surface area contributed by atoms with E-state index in [2.05, 4.69) is 5.32 Å². The zero-order valence-electron chi connectivity index (χ0n) is 11.8. The molecule has 1 heterocycles. The van der Waals surface area contributed by atoms with E-state index in [9.17, 15) is 4.79 Å². The molecule has 1 aromatic rings. The minimum atomic E-state index is -0.384. The first-order valence-electron chi connectivity index (χ1n) is 7.24. The van der Waals surface area contributed by atoms with Gasteiger partial charge in [-0.2, -0.15) is 0 Å². The highest BCUT2D eigenvalue weighted by Gasteiger charge is 2.30. The quantitative estimate of drug-likeness (QED) is 0.900. The van der Waals surface area contributed by atoms with E-state index in [1.807, 2.05) is 0 Å². The van der Waals surface area contributed by atoms with Gasteiger partial charge in [-0.25, -0.2) is 0 Å². The summed E-state index contributed by atoms with van der Waals surface area (Å²) >= 11 is 6.15. The average Bonchev–Trinajstić information content (AvgIpc) is 2.86. The van der Waals surface area contributed by atoms with Gasteiger partial charge in [0, 0.05) is 24.1 Å². The van der Waals surface area contributed by atoms with Gasteiger partial charge in [-0.15, -0.1) is 0 Å². The zero-order chi connectivity index (χ0) is 14.9. The van der Waals surface area contributed by atoms with E-state index >= 15 is 0 Å². The third-order valence-corrected chi connectivity index (χ3v) is 4.41. The molecule has 1 aromatic carbocycles. The van der Waals surface area contributed by atoms with Crippen molar-refractivity contribution in [1.82, 2.24) is 0 Å². The van der Waals surface area contributed by atoms with Crippen molar-refractivity contribution in [3.8, 4) is 11.5 Å². The number of carbonyl (C=O) groups excluding carboxylic acids is 1. The lowest BCUT2D eigenvalue weighted by Gasteiger charge is -2.32. The van der Waals surface area contributed by atoms with Gasteiger partial charge in [0.15, 0.2) is 11.5 Å². The SMILES string of the molecule is NC1(CC(=O)Nc2cc3c(cc2Cl)OCO3)CCCCC1. The van der Waals surface area contributed by atoms with Crippen LogP contribution in [0, 0.1) is 0 Å². The summed E-state index contributed by atoms with van der Waals surface area (Å²) in [7, 11) is 0. The molecule has 1 fully saturated rings. The van der Waals surface area contributed by atoms with Gasteiger partial charge in [-0.3, -0.25) is 4.79 Å². The lowest BCUT2D eigenvalue weighted by atomic mass is 9.80. The van der Waals surface area contributed by atoms with E-state index < -0.39 is 0 Å². The fourth-order valence-electron chi connectivity index (χ4n) is 2.96. The van der Waals surface area contributed by atoms with Crippen molar-refractivity contribution in [1.29, 1.82) is 0 Å². The van der Waals surface area contributed by atoms with Crippen molar-refractivity contribution in [2.45, 2.75) is 44.1 Å². The molecule has 0 atom stereocenters. The van der Waals surface area contributed by atoms with Crippen molar-refractivity contribution in [3.63, 3.8) is 0 Å². The molecule has 0 unspecified atom stereocenters. The summed E-state index contributed by atoms with van der Waals surface area (Å²) in [5, 5.41) is 3.26. The van der Waals surface area contributed by atoms with E-state index in [1.54, 1.807) is 12.1 Å². The number of carbonyl (C=O) groups is 1. The molecule has 114 valence electrons. The van der Waals surface area contributed by atoms with Crippen molar-refractivity contribution < 1.29 is 14.3 Å². The average molecular weight is 311 g/mol. The predicted molar refractivity (Wildman–Crippen MR) is 80.8 cm³/mol. The second-order valence-corrected chi connectivity index (χ2v) is 6.24. The normalized spacial score (nSPS) is 19.3. The van der Waals surface area contributed by atoms with E-state index in [4.69, 9.17) is 26.8 Å². The first-order valence-corrected chi connectivity index (χ1v) is 7.61. The summed E-state index contributed by atoms with van der Waals surface area (Å²) < 4.78 is 10.5. The third kappa shape index (κ3) is 3.24. The van der Waals surface area contributed by atoms with Crippen molar-refractivity contribution in [3.05, 3.63) is 17.2 Å². The number of benzene rings is 1. The lowest BCUT2D eigenvalue weighted by Crippen LogP contribution is -2.44. The molecule has 2 aliphatic rings. The Morgan fingerprint density at radius 3 is 2.62 bits per heavy atom. The predicted octanol–water partition coefficient (Wildman–Crippen LogP) is 3.06. The summed E-state index contributed by atoms with van der Waals surface area (Å²) in [6.45, 7) is 0.176. The monoisotopic (exact) mass is 310 g/mol. The Morgan fingerprint density at radius 2 is 1.90 bits per heavy atom. The van der Waals surface area contributed by atoms with Crippen LogP contribution in [0.1, 0.15) is 38.5 Å². The summed E-state index contributed by atoms with van der Waals surface area (Å²) in [6, 6.07) is 3.34. The Kier molecular flexibility index (Phi) is 3.95. The Morgan fingerprint density at radius 1 is 1.24 bits per heavy atom. The minimum Gasteiger partial charge on any atom is -0.454 e. The number of hydrogen-bond donors (Lipinski definition) is 2. The Labute approximate surface area is 128 Å². The van der Waals surface area contributed by atoms with Crippen LogP contribution in [-0.2, 0) is 4.79 Å². The molecule has 0 radical (unpaired) electrons. The molecule has 0 spiro atoms. The van der Waals surface area contributed by atoms with Crippen molar-refractivity contribution in [2.24, 2.45) is 5.73 Å². The van der Waals surface area contributed by atoms with Gasteiger partial charge in [-0.1, -0.05) is 30.9 Å². The second-order valence-electron chi connectivity index (χ2n) is 5.83. The van der Waals surface area contributed by atoms with Gasteiger partial charge in [-0.05, 0) is 12.8 Å². The highest BCUT2D eigenvalue weighted by molar-refractivity contribution is 6.34. The maximum absolute atomic E-state index is 12.2. The highest BCUT2D eigenvalue weighted by atomic mass is 35.5. The number of ether oxygens (including phenoxy) is 2. The van der Waals surface area contributed by atoms with Crippen molar-refractivity contribution >= 4 is 23.2 Å². The summed E-state index contributed by atoms with van der Waals surface area (Å²) in [6.07, 6.45) is 5.50. The molecule has 1 saturated carbocycles. The van der Waals surface area contributed by atoms with E-state index in [1.165, 1.54) is 6.42 Å². The van der Waals surface area contributed by atoms with Crippen LogP contribution < -0.4 is 20.5 Å². The lowest BCUT2D eigenvalue weighted by molar-refractivity contribution is -0.117. The molecular weight excluding hydrogens is 292 g/mol. The molecule has 3 rings (SSSR count). The van der Waals surface area contributed by atoms with Gasteiger partial charge < -0.3 is 20.5 Å². The molecule has 0 bridgehead atoms. The standard InChI is InChI=1S/C15H19ClN2O3/c16-10-6-12-13(21-9-20-12)7-11(10)18-14(19)8-15(17)4-2-1-3-5-15/h6-7H,1-5,8-9,17H2,(H,18,19). The second kappa shape index (κ2) is 5.73. The molecule has 3 N–H and O–H groups in total. The maximum Gasteiger partial charge on any atom is 0.231 e. The molecule has 5 nitrogen and oxygen atoms in total. The molecule has 1 aliphatic carbocycles. The maximum atomic E-state index is 12.2. The number of fused-ring (bicyclic) bond motifs is 1. The Hall–Kier alpha value is -1.46. The number of nitrogens with two attached hydrogens (primary N) is 1. The van der Waals surface area contributed by atoms with Gasteiger partial charge in [0.1, 0.15) is 0 Å². The smallest absolute Gasteiger partial charge is 0.231 e. The largest absolute Gasteiger partial charge is 0.454 e. The number of amides is 1. The number of rotatable bonds is 3. The van der Waals surface area contributed by atoms with E-state index in [0.29, 0.717) is 28.6 Å². The topological polar surface area (TPSA) is 73.6 Å². The van der Waals surface area contributed by atoms with Gasteiger partial charge in [0.25, 0.3) is 0 Å². The first-order chi connectivity index (χ1) is 10.1. The fourth-order valence-corrected chi connectivity index (χ4v) is 3.16. The third-order valence-electron chi connectivity index (χ3n) is 4.10. The van der Waals surface area contributed by atoms with Crippen LogP contribution in [-0.4, -0.2) is 18.2 Å². The highest BCUT2D eigenvalue weighted by Crippen LogP contribution is 2.39.